The average molecular weight is 393 g/mol. The third-order valence-corrected chi connectivity index (χ3v) is 4.78. The number of para-hydroxylation sites is 1. The number of ether oxygens (including phenoxy) is 1. The molecular formula is C23H23NO5. The molecule has 2 aromatic carbocycles. The van der Waals surface area contributed by atoms with Crippen molar-refractivity contribution in [3.63, 3.8) is 0 Å². The molecule has 0 spiro atoms. The number of carbonyl (C=O) groups is 2. The number of esters is 1. The van der Waals surface area contributed by atoms with Gasteiger partial charge in [-0.25, -0.2) is 4.79 Å². The Kier molecular flexibility index (Phi) is 6.44. The summed E-state index contributed by atoms with van der Waals surface area (Å²) in [5.41, 5.74) is 1.08. The lowest BCUT2D eigenvalue weighted by atomic mass is 9.96. The van der Waals surface area contributed by atoms with E-state index in [1.165, 1.54) is 6.92 Å². The first-order chi connectivity index (χ1) is 14.0. The number of benzene rings is 2. The van der Waals surface area contributed by atoms with Crippen molar-refractivity contribution in [3.8, 4) is 0 Å². The minimum absolute atomic E-state index is 0.168. The summed E-state index contributed by atoms with van der Waals surface area (Å²) in [4.78, 5) is 36.8. The molecule has 1 heterocycles. The van der Waals surface area contributed by atoms with Crippen LogP contribution < -0.4 is 10.7 Å². The van der Waals surface area contributed by atoms with Gasteiger partial charge in [-0.05, 0) is 31.0 Å². The van der Waals surface area contributed by atoms with Crippen molar-refractivity contribution in [2.75, 3.05) is 6.54 Å². The molecule has 3 rings (SSSR count). The van der Waals surface area contributed by atoms with Gasteiger partial charge >= 0.3 is 5.97 Å². The highest BCUT2D eigenvalue weighted by molar-refractivity contribution is 5.91. The fourth-order valence-corrected chi connectivity index (χ4v) is 3.07. The zero-order chi connectivity index (χ0) is 20.8. The summed E-state index contributed by atoms with van der Waals surface area (Å²) in [5.74, 6) is -1.33. The molecule has 150 valence electrons. The summed E-state index contributed by atoms with van der Waals surface area (Å²) in [6.07, 6.45) is -0.159. The molecule has 0 aliphatic carbocycles. The van der Waals surface area contributed by atoms with Crippen molar-refractivity contribution in [1.82, 2.24) is 5.32 Å². The minimum Gasteiger partial charge on any atom is -0.449 e. The van der Waals surface area contributed by atoms with Crippen LogP contribution >= 0.6 is 0 Å². The summed E-state index contributed by atoms with van der Waals surface area (Å²) in [6, 6.07) is 17.6. The van der Waals surface area contributed by atoms with Gasteiger partial charge in [0.05, 0.1) is 5.39 Å². The first-order valence-corrected chi connectivity index (χ1v) is 9.56. The molecule has 1 aromatic heterocycles. The van der Waals surface area contributed by atoms with Crippen molar-refractivity contribution in [1.29, 1.82) is 0 Å². The maximum Gasteiger partial charge on any atom is 0.375 e. The first-order valence-electron chi connectivity index (χ1n) is 9.56. The van der Waals surface area contributed by atoms with Gasteiger partial charge < -0.3 is 14.5 Å². The summed E-state index contributed by atoms with van der Waals surface area (Å²) in [7, 11) is 0. The van der Waals surface area contributed by atoms with E-state index in [-0.39, 0.29) is 22.7 Å². The molecule has 0 aliphatic rings. The predicted molar refractivity (Wildman–Crippen MR) is 110 cm³/mol. The third kappa shape index (κ3) is 4.90. The van der Waals surface area contributed by atoms with E-state index < -0.39 is 18.0 Å². The minimum atomic E-state index is -1.02. The van der Waals surface area contributed by atoms with Crippen LogP contribution in [0.2, 0.25) is 0 Å². The monoisotopic (exact) mass is 393 g/mol. The molecule has 0 fully saturated rings. The van der Waals surface area contributed by atoms with Crippen LogP contribution in [-0.2, 0) is 9.53 Å². The summed E-state index contributed by atoms with van der Waals surface area (Å²) in [6.45, 7) is 3.97. The Morgan fingerprint density at radius 3 is 2.48 bits per heavy atom. The first kappa shape index (κ1) is 20.3. The second-order valence-electron chi connectivity index (χ2n) is 6.78. The molecule has 6 heteroatoms. The Morgan fingerprint density at radius 1 is 1.07 bits per heavy atom. The maximum absolute atomic E-state index is 12.4. The fraction of sp³-hybridized carbons (Fsp3) is 0.261. The van der Waals surface area contributed by atoms with Gasteiger partial charge in [-0.1, -0.05) is 49.4 Å². The molecule has 0 unspecified atom stereocenters. The highest BCUT2D eigenvalue weighted by atomic mass is 16.6. The summed E-state index contributed by atoms with van der Waals surface area (Å²) < 4.78 is 10.6. The topological polar surface area (TPSA) is 85.6 Å². The van der Waals surface area contributed by atoms with Crippen LogP contribution in [0.5, 0.6) is 0 Å². The van der Waals surface area contributed by atoms with Gasteiger partial charge in [0.1, 0.15) is 5.58 Å². The maximum atomic E-state index is 12.4. The van der Waals surface area contributed by atoms with Crippen molar-refractivity contribution in [2.45, 2.75) is 32.3 Å². The van der Waals surface area contributed by atoms with Crippen molar-refractivity contribution in [3.05, 3.63) is 82.2 Å². The fourth-order valence-electron chi connectivity index (χ4n) is 3.07. The standard InChI is InChI=1S/C23H23NO5/c1-3-16(17-9-5-4-6-10-17)14-24-22(26)15(2)28-23(27)21-13-19(25)18-11-7-8-12-20(18)29-21/h4-13,15-16H,3,14H2,1-2H3,(H,24,26)/t15-,16-/m1/s1. The second kappa shape index (κ2) is 9.19. The van der Waals surface area contributed by atoms with E-state index in [4.69, 9.17) is 9.15 Å². The molecular weight excluding hydrogens is 370 g/mol. The highest BCUT2D eigenvalue weighted by Gasteiger charge is 2.22. The average Bonchev–Trinajstić information content (AvgIpc) is 2.74. The van der Waals surface area contributed by atoms with Crippen molar-refractivity contribution < 1.29 is 18.7 Å². The largest absolute Gasteiger partial charge is 0.449 e. The van der Waals surface area contributed by atoms with E-state index >= 15 is 0 Å². The van der Waals surface area contributed by atoms with Gasteiger partial charge in [-0.3, -0.25) is 9.59 Å². The van der Waals surface area contributed by atoms with E-state index in [1.807, 2.05) is 30.3 Å². The smallest absolute Gasteiger partial charge is 0.375 e. The Bertz CT molecular complexity index is 1060. The number of carbonyl (C=O) groups excluding carboxylic acids is 2. The Labute approximate surface area is 168 Å². The Hall–Kier alpha value is -3.41. The zero-order valence-electron chi connectivity index (χ0n) is 16.4. The molecule has 1 N–H and O–H groups in total. The van der Waals surface area contributed by atoms with E-state index in [9.17, 15) is 14.4 Å². The van der Waals surface area contributed by atoms with Crippen molar-refractivity contribution in [2.24, 2.45) is 0 Å². The number of fused-ring (bicyclic) bond motifs is 1. The molecule has 0 aliphatic heterocycles. The van der Waals surface area contributed by atoms with Gasteiger partial charge in [0.15, 0.2) is 11.5 Å². The lowest BCUT2D eigenvalue weighted by Crippen LogP contribution is -2.38. The van der Waals surface area contributed by atoms with Crippen LogP contribution in [0, 0.1) is 0 Å². The van der Waals surface area contributed by atoms with E-state index in [1.54, 1.807) is 24.3 Å². The number of amides is 1. The number of hydrogen-bond donors (Lipinski definition) is 1. The van der Waals surface area contributed by atoms with Crippen molar-refractivity contribution >= 4 is 22.8 Å². The lowest BCUT2D eigenvalue weighted by Gasteiger charge is -2.18. The SMILES string of the molecule is CC[C@H](CNC(=O)[C@@H](C)OC(=O)c1cc(=O)c2ccccc2o1)c1ccccc1. The normalized spacial score (nSPS) is 12.9. The molecule has 29 heavy (non-hydrogen) atoms. The molecule has 1 amide bonds. The summed E-state index contributed by atoms with van der Waals surface area (Å²) >= 11 is 0. The zero-order valence-corrected chi connectivity index (χ0v) is 16.4. The van der Waals surface area contributed by atoms with Gasteiger partial charge in [0, 0.05) is 18.5 Å². The number of hydrogen-bond acceptors (Lipinski definition) is 5. The lowest BCUT2D eigenvalue weighted by molar-refractivity contribution is -0.129. The van der Waals surface area contributed by atoms with Crippen LogP contribution in [0.3, 0.4) is 0 Å². The van der Waals surface area contributed by atoms with Crippen LogP contribution in [0.4, 0.5) is 0 Å². The predicted octanol–water partition coefficient (Wildman–Crippen LogP) is 3.65. The van der Waals surface area contributed by atoms with Gasteiger partial charge in [-0.15, -0.1) is 0 Å². The molecule has 0 saturated heterocycles. The molecule has 0 saturated carbocycles. The van der Waals surface area contributed by atoms with Gasteiger partial charge in [0.25, 0.3) is 5.91 Å². The van der Waals surface area contributed by atoms with Crippen LogP contribution in [0.25, 0.3) is 11.0 Å². The van der Waals surface area contributed by atoms with Crippen LogP contribution in [0.1, 0.15) is 42.3 Å². The van der Waals surface area contributed by atoms with Gasteiger partial charge in [0.2, 0.25) is 5.76 Å². The third-order valence-electron chi connectivity index (χ3n) is 4.78. The molecule has 6 nitrogen and oxygen atoms in total. The Balaban J connectivity index is 1.62. The van der Waals surface area contributed by atoms with Crippen LogP contribution in [-0.4, -0.2) is 24.5 Å². The van der Waals surface area contributed by atoms with E-state index in [0.717, 1.165) is 18.1 Å². The van der Waals surface area contributed by atoms with Gasteiger partial charge in [-0.2, -0.15) is 0 Å². The molecule has 0 bridgehead atoms. The van der Waals surface area contributed by atoms with Crippen LogP contribution in [0.15, 0.2) is 69.9 Å². The molecule has 0 radical (unpaired) electrons. The molecule has 3 aromatic rings. The van der Waals surface area contributed by atoms with E-state index in [2.05, 4.69) is 12.2 Å². The quantitative estimate of drug-likeness (QED) is 0.619. The molecule has 2 atom stereocenters. The van der Waals surface area contributed by atoms with E-state index in [0.29, 0.717) is 11.9 Å². The highest BCUT2D eigenvalue weighted by Crippen LogP contribution is 2.18. The number of nitrogens with one attached hydrogen (secondary N) is 1. The second-order valence-corrected chi connectivity index (χ2v) is 6.78. The summed E-state index contributed by atoms with van der Waals surface area (Å²) in [5, 5.41) is 3.20. The number of rotatable bonds is 7. The Morgan fingerprint density at radius 2 is 1.76 bits per heavy atom.